The molecule has 1 rings (SSSR count). The third kappa shape index (κ3) is 3.53. The summed E-state index contributed by atoms with van der Waals surface area (Å²) in [6, 6.07) is 2.81. The molecule has 2 nitrogen and oxygen atoms in total. The molecule has 0 heterocycles. The van der Waals surface area contributed by atoms with Crippen molar-refractivity contribution < 1.29 is 10.2 Å². The van der Waals surface area contributed by atoms with Gasteiger partial charge in [0.25, 0.3) is 0 Å². The van der Waals surface area contributed by atoms with E-state index >= 15 is 0 Å². The molecule has 0 aliphatic carbocycles. The molecular formula is C14H21ClO2. The van der Waals surface area contributed by atoms with Crippen molar-refractivity contribution >= 4 is 11.6 Å². The van der Waals surface area contributed by atoms with E-state index in [1.54, 1.807) is 0 Å². The highest BCUT2D eigenvalue weighted by Crippen LogP contribution is 2.44. The van der Waals surface area contributed by atoms with Crippen molar-refractivity contribution in [1.82, 2.24) is 0 Å². The Hall–Kier alpha value is -0.890. The Balaban J connectivity index is 3.24. The second-order valence-electron chi connectivity index (χ2n) is 6.44. The van der Waals surface area contributed by atoms with Crippen molar-refractivity contribution in [2.24, 2.45) is 5.41 Å². The zero-order valence-electron chi connectivity index (χ0n) is 11.1. The van der Waals surface area contributed by atoms with Crippen molar-refractivity contribution in [2.75, 3.05) is 0 Å². The Labute approximate surface area is 108 Å². The van der Waals surface area contributed by atoms with Crippen LogP contribution in [0.5, 0.6) is 11.5 Å². The SMILES string of the molecule is CC(C)(C)CC(C)(C)c1c(O)cc(O)cc1Cl. The van der Waals surface area contributed by atoms with E-state index in [9.17, 15) is 10.2 Å². The molecule has 0 aliphatic heterocycles. The van der Waals surface area contributed by atoms with E-state index < -0.39 is 0 Å². The van der Waals surface area contributed by atoms with Crippen LogP contribution >= 0.6 is 11.6 Å². The molecule has 0 unspecified atom stereocenters. The van der Waals surface area contributed by atoms with E-state index in [0.717, 1.165) is 6.42 Å². The fourth-order valence-corrected chi connectivity index (χ4v) is 3.13. The Morgan fingerprint density at radius 1 is 1.06 bits per heavy atom. The van der Waals surface area contributed by atoms with Crippen LogP contribution in [0.2, 0.25) is 5.02 Å². The van der Waals surface area contributed by atoms with Crippen LogP contribution in [-0.4, -0.2) is 10.2 Å². The van der Waals surface area contributed by atoms with Gasteiger partial charge in [0.15, 0.2) is 0 Å². The molecule has 0 amide bonds. The fraction of sp³-hybridized carbons (Fsp3) is 0.571. The van der Waals surface area contributed by atoms with E-state index in [2.05, 4.69) is 34.6 Å². The van der Waals surface area contributed by atoms with Crippen LogP contribution < -0.4 is 0 Å². The third-order valence-corrected chi connectivity index (χ3v) is 3.00. The zero-order valence-corrected chi connectivity index (χ0v) is 11.9. The largest absolute Gasteiger partial charge is 0.508 e. The normalized spacial score (nSPS) is 12.8. The molecule has 0 aliphatic rings. The van der Waals surface area contributed by atoms with Crippen molar-refractivity contribution in [3.8, 4) is 11.5 Å². The number of hydrogen-bond acceptors (Lipinski definition) is 2. The summed E-state index contributed by atoms with van der Waals surface area (Å²) in [4.78, 5) is 0. The second-order valence-corrected chi connectivity index (χ2v) is 6.85. The third-order valence-electron chi connectivity index (χ3n) is 2.70. The second kappa shape index (κ2) is 4.41. The quantitative estimate of drug-likeness (QED) is 0.820. The van der Waals surface area contributed by atoms with Gasteiger partial charge in [0.2, 0.25) is 0 Å². The molecule has 17 heavy (non-hydrogen) atoms. The van der Waals surface area contributed by atoms with Crippen molar-refractivity contribution in [3.63, 3.8) is 0 Å². The minimum absolute atomic E-state index is 0.0113. The monoisotopic (exact) mass is 256 g/mol. The molecule has 1 aromatic carbocycles. The van der Waals surface area contributed by atoms with E-state index in [1.165, 1.54) is 12.1 Å². The van der Waals surface area contributed by atoms with Crippen LogP contribution in [0.1, 0.15) is 46.6 Å². The summed E-state index contributed by atoms with van der Waals surface area (Å²) in [5.41, 5.74) is 0.594. The van der Waals surface area contributed by atoms with Gasteiger partial charge in [-0.1, -0.05) is 46.2 Å². The number of hydrogen-bond donors (Lipinski definition) is 2. The summed E-state index contributed by atoms with van der Waals surface area (Å²) in [5, 5.41) is 19.7. The van der Waals surface area contributed by atoms with Gasteiger partial charge in [0.1, 0.15) is 11.5 Å². The van der Waals surface area contributed by atoms with E-state index in [0.29, 0.717) is 10.6 Å². The Morgan fingerprint density at radius 2 is 1.59 bits per heavy atom. The highest BCUT2D eigenvalue weighted by Gasteiger charge is 2.31. The van der Waals surface area contributed by atoms with Gasteiger partial charge in [0.05, 0.1) is 5.02 Å². The van der Waals surface area contributed by atoms with E-state index in [-0.39, 0.29) is 22.3 Å². The highest BCUT2D eigenvalue weighted by atomic mass is 35.5. The van der Waals surface area contributed by atoms with Gasteiger partial charge in [-0.05, 0) is 23.3 Å². The van der Waals surface area contributed by atoms with Crippen LogP contribution in [0.3, 0.4) is 0 Å². The molecule has 0 atom stereocenters. The minimum Gasteiger partial charge on any atom is -0.508 e. The number of rotatable bonds is 2. The number of halogens is 1. The molecule has 0 bridgehead atoms. The van der Waals surface area contributed by atoms with Crippen molar-refractivity contribution in [1.29, 1.82) is 0 Å². The van der Waals surface area contributed by atoms with Gasteiger partial charge < -0.3 is 10.2 Å². The molecule has 0 saturated carbocycles. The van der Waals surface area contributed by atoms with E-state index in [1.807, 2.05) is 0 Å². The Bertz CT molecular complexity index is 394. The predicted octanol–water partition coefficient (Wildman–Crippen LogP) is 4.47. The van der Waals surface area contributed by atoms with Crippen LogP contribution in [0.4, 0.5) is 0 Å². The summed E-state index contributed by atoms with van der Waals surface area (Å²) < 4.78 is 0. The Kier molecular flexibility index (Phi) is 3.68. The van der Waals surface area contributed by atoms with Crippen molar-refractivity contribution in [2.45, 2.75) is 46.5 Å². The fourth-order valence-electron chi connectivity index (χ4n) is 2.66. The molecule has 3 heteroatoms. The Morgan fingerprint density at radius 3 is 2.00 bits per heavy atom. The summed E-state index contributed by atoms with van der Waals surface area (Å²) in [7, 11) is 0. The molecular weight excluding hydrogens is 236 g/mol. The molecule has 0 spiro atoms. The standard InChI is InChI=1S/C14H21ClO2/c1-13(2,3)8-14(4,5)12-10(15)6-9(16)7-11(12)17/h6-7,16-17H,8H2,1-5H3. The summed E-state index contributed by atoms with van der Waals surface area (Å²) in [6.07, 6.45) is 0.887. The molecule has 0 aromatic heterocycles. The number of aromatic hydroxyl groups is 2. The number of phenolic OH excluding ortho intramolecular Hbond substituents is 2. The lowest BCUT2D eigenvalue weighted by Gasteiger charge is -2.34. The topological polar surface area (TPSA) is 40.5 Å². The maximum absolute atomic E-state index is 9.96. The van der Waals surface area contributed by atoms with Crippen LogP contribution in [0, 0.1) is 5.41 Å². The van der Waals surface area contributed by atoms with Gasteiger partial charge in [-0.2, -0.15) is 0 Å². The number of benzene rings is 1. The van der Waals surface area contributed by atoms with E-state index in [4.69, 9.17) is 11.6 Å². The van der Waals surface area contributed by atoms with Gasteiger partial charge in [0, 0.05) is 11.6 Å². The lowest BCUT2D eigenvalue weighted by Crippen LogP contribution is -2.25. The number of phenols is 2. The van der Waals surface area contributed by atoms with Crippen molar-refractivity contribution in [3.05, 3.63) is 22.7 Å². The first-order chi connectivity index (χ1) is 7.53. The maximum atomic E-state index is 9.96. The molecule has 0 fully saturated rings. The summed E-state index contributed by atoms with van der Waals surface area (Å²) in [5.74, 6) is 0.0482. The lowest BCUT2D eigenvalue weighted by atomic mass is 9.72. The average molecular weight is 257 g/mol. The molecule has 2 N–H and O–H groups in total. The first-order valence-electron chi connectivity index (χ1n) is 5.75. The van der Waals surface area contributed by atoms with Crippen LogP contribution in [0.25, 0.3) is 0 Å². The summed E-state index contributed by atoms with van der Waals surface area (Å²) >= 11 is 6.13. The molecule has 96 valence electrons. The van der Waals surface area contributed by atoms with Gasteiger partial charge >= 0.3 is 0 Å². The maximum Gasteiger partial charge on any atom is 0.124 e. The highest BCUT2D eigenvalue weighted by molar-refractivity contribution is 6.31. The molecule has 1 aromatic rings. The first-order valence-corrected chi connectivity index (χ1v) is 6.13. The van der Waals surface area contributed by atoms with Gasteiger partial charge in [-0.3, -0.25) is 0 Å². The predicted molar refractivity (Wildman–Crippen MR) is 71.9 cm³/mol. The zero-order chi connectivity index (χ0) is 13.4. The van der Waals surface area contributed by atoms with Gasteiger partial charge in [-0.25, -0.2) is 0 Å². The molecule has 0 saturated heterocycles. The van der Waals surface area contributed by atoms with Crippen LogP contribution in [-0.2, 0) is 5.41 Å². The minimum atomic E-state index is -0.243. The summed E-state index contributed by atoms with van der Waals surface area (Å²) in [6.45, 7) is 10.6. The van der Waals surface area contributed by atoms with Crippen LogP contribution in [0.15, 0.2) is 12.1 Å². The average Bonchev–Trinajstić information content (AvgIpc) is 1.93. The smallest absolute Gasteiger partial charge is 0.124 e. The first kappa shape index (κ1) is 14.2. The lowest BCUT2D eigenvalue weighted by molar-refractivity contribution is 0.278. The van der Waals surface area contributed by atoms with Gasteiger partial charge in [-0.15, -0.1) is 0 Å². The molecule has 0 radical (unpaired) electrons.